The van der Waals surface area contributed by atoms with E-state index in [0.29, 0.717) is 0 Å². The zero-order chi connectivity index (χ0) is 13.2. The highest BCUT2D eigenvalue weighted by Gasteiger charge is 2.25. The van der Waals surface area contributed by atoms with Crippen molar-refractivity contribution >= 4 is 27.5 Å². The van der Waals surface area contributed by atoms with Crippen LogP contribution in [0.3, 0.4) is 0 Å². The Hall–Kier alpha value is -0.830. The second-order valence-electron chi connectivity index (χ2n) is 5.11. The maximum Gasteiger partial charge on any atom is 0.230 e. The number of rotatable bonds is 3. The molecule has 0 saturated carbocycles. The minimum atomic E-state index is -0.327. The van der Waals surface area contributed by atoms with Crippen molar-refractivity contribution in [3.05, 3.63) is 27.7 Å². The molecule has 2 nitrogen and oxygen atoms in total. The van der Waals surface area contributed by atoms with Crippen LogP contribution in [0.2, 0.25) is 0 Å². The van der Waals surface area contributed by atoms with Crippen molar-refractivity contribution in [3.63, 3.8) is 0 Å². The molecule has 0 saturated heterocycles. The Morgan fingerprint density at radius 3 is 2.18 bits per heavy atom. The minimum absolute atomic E-state index is 0.0773. The van der Waals surface area contributed by atoms with E-state index in [1.807, 2.05) is 46.8 Å². The van der Waals surface area contributed by atoms with Gasteiger partial charge in [0.2, 0.25) is 5.91 Å². The van der Waals surface area contributed by atoms with Gasteiger partial charge in [-0.3, -0.25) is 4.79 Å². The number of benzene rings is 1. The molecule has 1 N–H and O–H groups in total. The van der Waals surface area contributed by atoms with Crippen LogP contribution in [0.1, 0.15) is 38.3 Å². The molecule has 0 atom stereocenters. The summed E-state index contributed by atoms with van der Waals surface area (Å²) in [5, 5.41) is 3.04. The van der Waals surface area contributed by atoms with Gasteiger partial charge in [0.1, 0.15) is 0 Å². The van der Waals surface area contributed by atoms with E-state index in [0.717, 1.165) is 27.7 Å². The van der Waals surface area contributed by atoms with Crippen molar-refractivity contribution in [2.24, 2.45) is 5.41 Å². The molecule has 0 bridgehead atoms. The van der Waals surface area contributed by atoms with Gasteiger partial charge in [-0.2, -0.15) is 0 Å². The lowest BCUT2D eigenvalue weighted by Gasteiger charge is -2.23. The number of amides is 1. The maximum absolute atomic E-state index is 12.1. The highest BCUT2D eigenvalue weighted by molar-refractivity contribution is 9.10. The van der Waals surface area contributed by atoms with Crippen LogP contribution in [-0.4, -0.2) is 5.91 Å². The summed E-state index contributed by atoms with van der Waals surface area (Å²) in [7, 11) is 0. The van der Waals surface area contributed by atoms with Gasteiger partial charge in [0, 0.05) is 15.6 Å². The number of aryl methyl sites for hydroxylation is 2. The minimum Gasteiger partial charge on any atom is -0.325 e. The van der Waals surface area contributed by atoms with Gasteiger partial charge >= 0.3 is 0 Å². The van der Waals surface area contributed by atoms with Gasteiger partial charge in [-0.05, 0) is 43.5 Å². The van der Waals surface area contributed by atoms with Crippen molar-refractivity contribution in [1.82, 2.24) is 0 Å². The van der Waals surface area contributed by atoms with Crippen LogP contribution < -0.4 is 5.32 Å². The van der Waals surface area contributed by atoms with E-state index < -0.39 is 0 Å². The highest BCUT2D eigenvalue weighted by Crippen LogP contribution is 2.28. The lowest BCUT2D eigenvalue weighted by Crippen LogP contribution is -2.30. The van der Waals surface area contributed by atoms with E-state index in [-0.39, 0.29) is 11.3 Å². The molecule has 1 amide bonds. The lowest BCUT2D eigenvalue weighted by atomic mass is 9.89. The summed E-state index contributed by atoms with van der Waals surface area (Å²) >= 11 is 3.45. The predicted molar refractivity (Wildman–Crippen MR) is 76.3 cm³/mol. The summed E-state index contributed by atoms with van der Waals surface area (Å²) in [6, 6.07) is 4.03. The summed E-state index contributed by atoms with van der Waals surface area (Å²) in [6.45, 7) is 9.97. The summed E-state index contributed by atoms with van der Waals surface area (Å²) in [5.41, 5.74) is 2.76. The van der Waals surface area contributed by atoms with Crippen LogP contribution in [0.15, 0.2) is 16.6 Å². The van der Waals surface area contributed by atoms with E-state index in [9.17, 15) is 4.79 Å². The summed E-state index contributed by atoms with van der Waals surface area (Å²) in [4.78, 5) is 12.1. The average molecular weight is 298 g/mol. The normalized spacial score (nSPS) is 11.4. The lowest BCUT2D eigenvalue weighted by molar-refractivity contribution is -0.124. The molecule has 1 aromatic rings. The zero-order valence-corrected chi connectivity index (χ0v) is 12.7. The first kappa shape index (κ1) is 14.2. The van der Waals surface area contributed by atoms with Gasteiger partial charge in [0.05, 0.1) is 0 Å². The van der Waals surface area contributed by atoms with Crippen molar-refractivity contribution < 1.29 is 4.79 Å². The molecule has 0 spiro atoms. The molecular weight excluding hydrogens is 278 g/mol. The van der Waals surface area contributed by atoms with E-state index in [4.69, 9.17) is 0 Å². The number of carbonyl (C=O) groups excluding carboxylic acids is 1. The average Bonchev–Trinajstić information content (AvgIpc) is 2.22. The molecule has 1 rings (SSSR count). The van der Waals surface area contributed by atoms with Gasteiger partial charge in [0.25, 0.3) is 0 Å². The first-order valence-electron chi connectivity index (χ1n) is 5.86. The molecule has 0 aliphatic heterocycles. The Morgan fingerprint density at radius 2 is 1.76 bits per heavy atom. The number of hydrogen-bond donors (Lipinski definition) is 1. The standard InChI is InChI=1S/C14H20BrNO/c1-6-14(4,5)13(17)16-12-9(2)7-11(15)8-10(12)3/h7-8H,6H2,1-5H3,(H,16,17). The number of anilines is 1. The Kier molecular flexibility index (Phi) is 4.36. The Morgan fingerprint density at radius 1 is 1.29 bits per heavy atom. The monoisotopic (exact) mass is 297 g/mol. The van der Waals surface area contributed by atoms with Crippen LogP contribution in [0, 0.1) is 19.3 Å². The number of hydrogen-bond acceptors (Lipinski definition) is 1. The molecule has 1 aromatic carbocycles. The molecule has 94 valence electrons. The fourth-order valence-corrected chi connectivity index (χ4v) is 2.24. The van der Waals surface area contributed by atoms with Crippen LogP contribution in [0.4, 0.5) is 5.69 Å². The van der Waals surface area contributed by atoms with Crippen LogP contribution in [0.25, 0.3) is 0 Å². The first-order chi connectivity index (χ1) is 7.77. The van der Waals surface area contributed by atoms with E-state index in [1.54, 1.807) is 0 Å². The third-order valence-corrected chi connectivity index (χ3v) is 3.69. The molecule has 0 aromatic heterocycles. The van der Waals surface area contributed by atoms with Gasteiger partial charge in [-0.1, -0.05) is 36.7 Å². The summed E-state index contributed by atoms with van der Waals surface area (Å²) in [6.07, 6.45) is 0.827. The fraction of sp³-hybridized carbons (Fsp3) is 0.500. The fourth-order valence-electron chi connectivity index (χ4n) is 1.55. The Labute approximate surface area is 112 Å². The van der Waals surface area contributed by atoms with Crippen molar-refractivity contribution in [3.8, 4) is 0 Å². The smallest absolute Gasteiger partial charge is 0.230 e. The maximum atomic E-state index is 12.1. The third kappa shape index (κ3) is 3.32. The second kappa shape index (κ2) is 5.21. The largest absolute Gasteiger partial charge is 0.325 e. The Balaban J connectivity index is 3.01. The van der Waals surface area contributed by atoms with Gasteiger partial charge in [0.15, 0.2) is 0 Å². The second-order valence-corrected chi connectivity index (χ2v) is 6.02. The van der Waals surface area contributed by atoms with Gasteiger partial charge in [-0.15, -0.1) is 0 Å². The molecule has 3 heteroatoms. The van der Waals surface area contributed by atoms with Crippen molar-refractivity contribution in [2.45, 2.75) is 41.0 Å². The SMILES string of the molecule is CCC(C)(C)C(=O)Nc1c(C)cc(Br)cc1C. The molecule has 0 fully saturated rings. The van der Waals surface area contributed by atoms with Crippen molar-refractivity contribution in [1.29, 1.82) is 0 Å². The number of halogens is 1. The molecular formula is C14H20BrNO. The molecule has 0 unspecified atom stereocenters. The van der Waals surface area contributed by atoms with E-state index in [2.05, 4.69) is 21.2 Å². The van der Waals surface area contributed by atoms with Crippen LogP contribution >= 0.6 is 15.9 Å². The molecule has 0 radical (unpaired) electrons. The summed E-state index contributed by atoms with van der Waals surface area (Å²) in [5.74, 6) is 0.0773. The summed E-state index contributed by atoms with van der Waals surface area (Å²) < 4.78 is 1.04. The van der Waals surface area contributed by atoms with E-state index >= 15 is 0 Å². The van der Waals surface area contributed by atoms with Crippen molar-refractivity contribution in [2.75, 3.05) is 5.32 Å². The topological polar surface area (TPSA) is 29.1 Å². The predicted octanol–water partition coefficient (Wildman–Crippen LogP) is 4.44. The third-order valence-electron chi connectivity index (χ3n) is 3.23. The van der Waals surface area contributed by atoms with Crippen LogP contribution in [0.5, 0.6) is 0 Å². The first-order valence-corrected chi connectivity index (χ1v) is 6.65. The van der Waals surface area contributed by atoms with E-state index in [1.165, 1.54) is 0 Å². The van der Waals surface area contributed by atoms with Gasteiger partial charge in [-0.25, -0.2) is 0 Å². The number of nitrogens with one attached hydrogen (secondary N) is 1. The molecule has 0 aliphatic carbocycles. The zero-order valence-electron chi connectivity index (χ0n) is 11.1. The molecule has 0 aliphatic rings. The molecule has 0 heterocycles. The quantitative estimate of drug-likeness (QED) is 0.878. The van der Waals surface area contributed by atoms with Gasteiger partial charge < -0.3 is 5.32 Å². The number of carbonyl (C=O) groups is 1. The Bertz CT molecular complexity index is 415. The molecule has 17 heavy (non-hydrogen) atoms. The van der Waals surface area contributed by atoms with Crippen LogP contribution in [-0.2, 0) is 4.79 Å². The highest BCUT2D eigenvalue weighted by atomic mass is 79.9.